The van der Waals surface area contributed by atoms with Crippen molar-refractivity contribution < 1.29 is 14.3 Å². The quantitative estimate of drug-likeness (QED) is 0.909. The van der Waals surface area contributed by atoms with Crippen LogP contribution >= 0.6 is 11.6 Å². The number of rotatable bonds is 5. The van der Waals surface area contributed by atoms with E-state index in [4.69, 9.17) is 21.1 Å². The van der Waals surface area contributed by atoms with Crippen LogP contribution in [0.2, 0.25) is 5.02 Å². The van der Waals surface area contributed by atoms with Gasteiger partial charge in [-0.25, -0.2) is 0 Å². The number of ether oxygens (including phenoxy) is 2. The highest BCUT2D eigenvalue weighted by atomic mass is 35.5. The third kappa shape index (κ3) is 4.12. The minimum Gasteiger partial charge on any atom is -0.484 e. The maximum atomic E-state index is 11.8. The first-order valence-electron chi connectivity index (χ1n) is 6.86. The van der Waals surface area contributed by atoms with E-state index in [1.807, 2.05) is 19.9 Å². The molecular weight excluding hydrogens is 278 g/mol. The predicted molar refractivity (Wildman–Crippen MR) is 78.3 cm³/mol. The van der Waals surface area contributed by atoms with Gasteiger partial charge in [0.15, 0.2) is 6.61 Å². The number of amides is 1. The molecule has 1 aliphatic heterocycles. The fourth-order valence-electron chi connectivity index (χ4n) is 2.30. The van der Waals surface area contributed by atoms with Gasteiger partial charge >= 0.3 is 0 Å². The summed E-state index contributed by atoms with van der Waals surface area (Å²) >= 11 is 5.87. The highest BCUT2D eigenvalue weighted by Crippen LogP contribution is 2.21. The summed E-state index contributed by atoms with van der Waals surface area (Å²) in [4.78, 5) is 11.8. The van der Waals surface area contributed by atoms with Crippen LogP contribution in [0.25, 0.3) is 0 Å². The number of hydrogen-bond donors (Lipinski definition) is 1. The van der Waals surface area contributed by atoms with Crippen molar-refractivity contribution in [3.63, 3.8) is 0 Å². The van der Waals surface area contributed by atoms with E-state index in [0.717, 1.165) is 25.0 Å². The molecule has 1 N–H and O–H groups in total. The Hall–Kier alpha value is -1.26. The van der Waals surface area contributed by atoms with Gasteiger partial charge in [0.2, 0.25) is 0 Å². The topological polar surface area (TPSA) is 47.6 Å². The van der Waals surface area contributed by atoms with Crippen molar-refractivity contribution in [3.05, 3.63) is 28.8 Å². The van der Waals surface area contributed by atoms with Crippen LogP contribution in [0.1, 0.15) is 25.3 Å². The second kappa shape index (κ2) is 6.95. The maximum absolute atomic E-state index is 11.8. The van der Waals surface area contributed by atoms with Crippen molar-refractivity contribution in [2.24, 2.45) is 0 Å². The van der Waals surface area contributed by atoms with E-state index in [1.54, 1.807) is 12.1 Å². The van der Waals surface area contributed by atoms with E-state index in [0.29, 0.717) is 10.8 Å². The highest BCUT2D eigenvalue weighted by molar-refractivity contribution is 6.30. The molecular formula is C15H20ClNO3. The molecule has 110 valence electrons. The van der Waals surface area contributed by atoms with E-state index in [2.05, 4.69) is 5.32 Å². The number of benzene rings is 1. The van der Waals surface area contributed by atoms with E-state index in [1.165, 1.54) is 0 Å². The molecule has 0 radical (unpaired) electrons. The van der Waals surface area contributed by atoms with Crippen molar-refractivity contribution in [1.29, 1.82) is 0 Å². The molecule has 1 amide bonds. The first-order chi connectivity index (χ1) is 9.56. The molecule has 1 aliphatic rings. The smallest absolute Gasteiger partial charge is 0.258 e. The van der Waals surface area contributed by atoms with Crippen LogP contribution in [0.15, 0.2) is 18.2 Å². The first-order valence-corrected chi connectivity index (χ1v) is 7.24. The van der Waals surface area contributed by atoms with Gasteiger partial charge in [-0.3, -0.25) is 4.79 Å². The van der Waals surface area contributed by atoms with Gasteiger partial charge in [-0.05, 0) is 50.5 Å². The molecule has 0 saturated carbocycles. The lowest BCUT2D eigenvalue weighted by molar-refractivity contribution is -0.124. The standard InChI is InChI=1S/C15H20ClNO3/c1-10-8-12(16)5-6-13(10)20-9-15(18)17-11(2)14-4-3-7-19-14/h5-6,8,11,14H,3-4,7,9H2,1-2H3,(H,17,18). The van der Waals surface area contributed by atoms with Gasteiger partial charge in [0.25, 0.3) is 5.91 Å². The van der Waals surface area contributed by atoms with Crippen LogP contribution in [0.5, 0.6) is 5.75 Å². The molecule has 0 aliphatic carbocycles. The summed E-state index contributed by atoms with van der Waals surface area (Å²) in [5, 5.41) is 3.57. The Kier molecular flexibility index (Phi) is 5.26. The van der Waals surface area contributed by atoms with Crippen LogP contribution in [0.3, 0.4) is 0 Å². The average Bonchev–Trinajstić information content (AvgIpc) is 2.91. The fraction of sp³-hybridized carbons (Fsp3) is 0.533. The second-order valence-corrected chi connectivity index (χ2v) is 5.54. The Morgan fingerprint density at radius 3 is 3.05 bits per heavy atom. The Morgan fingerprint density at radius 1 is 1.60 bits per heavy atom. The minimum absolute atomic E-state index is 0.000464. The van der Waals surface area contributed by atoms with Gasteiger partial charge < -0.3 is 14.8 Å². The molecule has 1 heterocycles. The van der Waals surface area contributed by atoms with Crippen LogP contribution in [0, 0.1) is 6.92 Å². The summed E-state index contributed by atoms with van der Waals surface area (Å²) in [6, 6.07) is 5.34. The van der Waals surface area contributed by atoms with Gasteiger partial charge in [0.05, 0.1) is 12.1 Å². The maximum Gasteiger partial charge on any atom is 0.258 e. The number of carbonyl (C=O) groups excluding carboxylic acids is 1. The second-order valence-electron chi connectivity index (χ2n) is 5.11. The van der Waals surface area contributed by atoms with E-state index in [-0.39, 0.29) is 24.7 Å². The summed E-state index contributed by atoms with van der Waals surface area (Å²) in [5.41, 5.74) is 0.914. The average molecular weight is 298 g/mol. The van der Waals surface area contributed by atoms with Crippen LogP contribution in [-0.2, 0) is 9.53 Å². The molecule has 20 heavy (non-hydrogen) atoms. The molecule has 0 spiro atoms. The number of carbonyl (C=O) groups is 1. The summed E-state index contributed by atoms with van der Waals surface area (Å²) in [6.07, 6.45) is 2.18. The SMILES string of the molecule is Cc1cc(Cl)ccc1OCC(=O)NC(C)C1CCCO1. The summed E-state index contributed by atoms with van der Waals surface area (Å²) in [6.45, 7) is 4.64. The van der Waals surface area contributed by atoms with E-state index in [9.17, 15) is 4.79 Å². The molecule has 1 aromatic carbocycles. The Balaban J connectivity index is 1.79. The zero-order valence-electron chi connectivity index (χ0n) is 11.8. The molecule has 1 fully saturated rings. The minimum atomic E-state index is -0.137. The van der Waals surface area contributed by atoms with Crippen molar-refractivity contribution >= 4 is 17.5 Å². The van der Waals surface area contributed by atoms with Crippen molar-refractivity contribution in [2.45, 2.75) is 38.8 Å². The third-order valence-electron chi connectivity index (χ3n) is 3.41. The number of aryl methyl sites for hydroxylation is 1. The Morgan fingerprint density at radius 2 is 2.40 bits per heavy atom. The summed E-state index contributed by atoms with van der Waals surface area (Å²) in [5.74, 6) is 0.539. The normalized spacial score (nSPS) is 19.6. The zero-order chi connectivity index (χ0) is 14.5. The van der Waals surface area contributed by atoms with Gasteiger partial charge in [-0.1, -0.05) is 11.6 Å². The molecule has 5 heteroatoms. The summed E-state index contributed by atoms with van der Waals surface area (Å²) < 4.78 is 11.0. The van der Waals surface area contributed by atoms with E-state index < -0.39 is 0 Å². The number of hydrogen-bond acceptors (Lipinski definition) is 3. The van der Waals surface area contributed by atoms with Crippen molar-refractivity contribution in [2.75, 3.05) is 13.2 Å². The highest BCUT2D eigenvalue weighted by Gasteiger charge is 2.23. The van der Waals surface area contributed by atoms with E-state index >= 15 is 0 Å². The van der Waals surface area contributed by atoms with Gasteiger partial charge in [-0.15, -0.1) is 0 Å². The molecule has 0 bridgehead atoms. The molecule has 1 aromatic rings. The lowest BCUT2D eigenvalue weighted by atomic mass is 10.1. The van der Waals surface area contributed by atoms with Gasteiger partial charge in [0, 0.05) is 11.6 Å². The number of nitrogens with one attached hydrogen (secondary N) is 1. The lowest BCUT2D eigenvalue weighted by Crippen LogP contribution is -2.42. The van der Waals surface area contributed by atoms with Gasteiger partial charge in [-0.2, -0.15) is 0 Å². The third-order valence-corrected chi connectivity index (χ3v) is 3.64. The predicted octanol–water partition coefficient (Wildman–Crippen LogP) is 2.71. The summed E-state index contributed by atoms with van der Waals surface area (Å²) in [7, 11) is 0. The molecule has 2 rings (SSSR count). The molecule has 2 unspecified atom stereocenters. The zero-order valence-corrected chi connectivity index (χ0v) is 12.6. The van der Waals surface area contributed by atoms with Crippen LogP contribution < -0.4 is 10.1 Å². The lowest BCUT2D eigenvalue weighted by Gasteiger charge is -2.20. The molecule has 4 nitrogen and oxygen atoms in total. The van der Waals surface area contributed by atoms with Crippen LogP contribution in [-0.4, -0.2) is 31.3 Å². The largest absolute Gasteiger partial charge is 0.484 e. The van der Waals surface area contributed by atoms with Crippen molar-refractivity contribution in [3.8, 4) is 5.75 Å². The molecule has 0 aromatic heterocycles. The Bertz CT molecular complexity index is 472. The molecule has 1 saturated heterocycles. The van der Waals surface area contributed by atoms with Crippen LogP contribution in [0.4, 0.5) is 0 Å². The first kappa shape index (κ1) is 15.1. The number of halogens is 1. The fourth-order valence-corrected chi connectivity index (χ4v) is 2.53. The Labute approximate surface area is 124 Å². The molecule has 2 atom stereocenters. The van der Waals surface area contributed by atoms with Crippen molar-refractivity contribution in [1.82, 2.24) is 5.32 Å². The van der Waals surface area contributed by atoms with Gasteiger partial charge in [0.1, 0.15) is 5.75 Å². The monoisotopic (exact) mass is 297 g/mol.